The molecule has 1 N–H and O–H groups in total. The summed E-state index contributed by atoms with van der Waals surface area (Å²) in [5.74, 6) is -0.196. The van der Waals surface area contributed by atoms with Gasteiger partial charge in [0.25, 0.3) is 5.91 Å². The molecule has 0 fully saturated rings. The summed E-state index contributed by atoms with van der Waals surface area (Å²) >= 11 is 0. The van der Waals surface area contributed by atoms with Crippen LogP contribution in [0.4, 0.5) is 5.69 Å². The van der Waals surface area contributed by atoms with Crippen LogP contribution in [0.25, 0.3) is 11.1 Å². The number of fused-ring (bicyclic) bond motifs is 3. The molecule has 1 aromatic heterocycles. The Bertz CT molecular complexity index is 1130. The van der Waals surface area contributed by atoms with E-state index in [-0.39, 0.29) is 21.1 Å². The van der Waals surface area contributed by atoms with Crippen LogP contribution in [0.2, 0.25) is 0 Å². The van der Waals surface area contributed by atoms with Gasteiger partial charge in [-0.1, -0.05) is 18.2 Å². The summed E-state index contributed by atoms with van der Waals surface area (Å²) in [5.41, 5.74) is 1.65. The number of carbonyl (C=O) groups excluding carboxylic acids is 1. The number of aromatic nitrogens is 1. The maximum Gasteiger partial charge on any atom is 0.256 e. The number of hydrogen-bond donors (Lipinski definition) is 1. The second kappa shape index (κ2) is 5.96. The van der Waals surface area contributed by atoms with Crippen molar-refractivity contribution in [2.24, 2.45) is 0 Å². The van der Waals surface area contributed by atoms with Gasteiger partial charge in [-0.2, -0.15) is 0 Å². The number of rotatable bonds is 3. The molecule has 0 saturated heterocycles. The van der Waals surface area contributed by atoms with Gasteiger partial charge in [0.2, 0.25) is 9.84 Å². The topological polar surface area (TPSA) is 85.4 Å². The van der Waals surface area contributed by atoms with Gasteiger partial charge in [0, 0.05) is 22.9 Å². The molecule has 0 atom stereocenters. The lowest BCUT2D eigenvalue weighted by Gasteiger charge is -2.12. The highest BCUT2D eigenvalue weighted by atomic mass is 32.2. The Morgan fingerprint density at radius 1 is 1.08 bits per heavy atom. The normalized spacial score (nSPS) is 13.6. The highest BCUT2D eigenvalue weighted by Crippen LogP contribution is 2.49. The summed E-state index contributed by atoms with van der Waals surface area (Å²) in [6.45, 7) is 0. The number of nitrogens with one attached hydrogen (secondary N) is 1. The van der Waals surface area contributed by atoms with E-state index in [1.807, 2.05) is 0 Å². The van der Waals surface area contributed by atoms with Crippen LogP contribution >= 0.6 is 0 Å². The van der Waals surface area contributed by atoms with Crippen molar-refractivity contribution in [2.45, 2.75) is 9.79 Å². The lowest BCUT2D eigenvalue weighted by Crippen LogP contribution is -2.14. The average molecular weight is 366 g/mol. The van der Waals surface area contributed by atoms with Gasteiger partial charge in [-0.05, 0) is 30.3 Å². The number of nitrogens with zero attached hydrogens (tertiary/aromatic N) is 1. The number of pyridine rings is 1. The molecular weight excluding hydrogens is 352 g/mol. The highest BCUT2D eigenvalue weighted by molar-refractivity contribution is 7.92. The van der Waals surface area contributed by atoms with Gasteiger partial charge in [-0.15, -0.1) is 0 Å². The molecule has 0 spiro atoms. The second-order valence-corrected chi connectivity index (χ2v) is 7.57. The van der Waals surface area contributed by atoms with Crippen molar-refractivity contribution in [3.8, 4) is 16.9 Å². The van der Waals surface area contributed by atoms with Crippen molar-refractivity contribution >= 4 is 21.4 Å². The van der Waals surface area contributed by atoms with E-state index in [9.17, 15) is 13.2 Å². The summed E-state index contributed by atoms with van der Waals surface area (Å²) in [7, 11) is -2.35. The molecule has 1 amide bonds. The second-order valence-electron chi connectivity index (χ2n) is 5.71. The Morgan fingerprint density at radius 2 is 1.88 bits per heavy atom. The SMILES string of the molecule is COc1ccc(C(=O)Nc2cccnc2)c2c1S(=O)(=O)c1ccccc1-2. The summed E-state index contributed by atoms with van der Waals surface area (Å²) in [6, 6.07) is 13.1. The van der Waals surface area contributed by atoms with Gasteiger partial charge in [0.15, 0.2) is 0 Å². The quantitative estimate of drug-likeness (QED) is 0.602. The molecule has 0 radical (unpaired) electrons. The molecule has 2 aromatic carbocycles. The van der Waals surface area contributed by atoms with E-state index in [0.29, 0.717) is 16.8 Å². The van der Waals surface area contributed by atoms with Crippen molar-refractivity contribution in [3.63, 3.8) is 0 Å². The largest absolute Gasteiger partial charge is 0.495 e. The van der Waals surface area contributed by atoms with E-state index in [1.54, 1.807) is 42.6 Å². The Morgan fingerprint density at radius 3 is 2.62 bits per heavy atom. The van der Waals surface area contributed by atoms with Crippen LogP contribution in [0.5, 0.6) is 5.75 Å². The smallest absolute Gasteiger partial charge is 0.256 e. The highest BCUT2D eigenvalue weighted by Gasteiger charge is 2.38. The predicted molar refractivity (Wildman–Crippen MR) is 96.1 cm³/mol. The molecule has 7 heteroatoms. The van der Waals surface area contributed by atoms with Crippen molar-refractivity contribution in [3.05, 3.63) is 66.5 Å². The maximum absolute atomic E-state index is 13.0. The molecule has 0 aliphatic carbocycles. The number of sulfone groups is 1. The third-order valence-corrected chi connectivity index (χ3v) is 6.10. The molecule has 1 aliphatic heterocycles. The Balaban J connectivity index is 1.93. The van der Waals surface area contributed by atoms with Gasteiger partial charge in [-0.25, -0.2) is 8.42 Å². The van der Waals surface area contributed by atoms with Gasteiger partial charge in [0.05, 0.1) is 23.9 Å². The fourth-order valence-electron chi connectivity index (χ4n) is 3.10. The Hall–Kier alpha value is -3.19. The lowest BCUT2D eigenvalue weighted by molar-refractivity contribution is 0.102. The number of amides is 1. The van der Waals surface area contributed by atoms with Gasteiger partial charge in [0.1, 0.15) is 10.6 Å². The summed E-state index contributed by atoms with van der Waals surface area (Å²) in [4.78, 5) is 17.0. The van der Waals surface area contributed by atoms with Gasteiger partial charge in [-0.3, -0.25) is 9.78 Å². The minimum Gasteiger partial charge on any atom is -0.495 e. The van der Waals surface area contributed by atoms with Crippen LogP contribution < -0.4 is 10.1 Å². The molecule has 130 valence electrons. The number of carbonyl (C=O) groups is 1. The van der Waals surface area contributed by atoms with Crippen molar-refractivity contribution in [1.82, 2.24) is 4.98 Å². The molecule has 0 unspecified atom stereocenters. The van der Waals surface area contributed by atoms with Crippen LogP contribution in [-0.2, 0) is 9.84 Å². The van der Waals surface area contributed by atoms with Crippen LogP contribution in [0, 0.1) is 0 Å². The molecular formula is C19H14N2O4S. The predicted octanol–water partition coefficient (Wildman–Crippen LogP) is 3.16. The Labute approximate surface area is 150 Å². The first-order chi connectivity index (χ1) is 12.5. The zero-order valence-electron chi connectivity index (χ0n) is 13.8. The van der Waals surface area contributed by atoms with Crippen LogP contribution in [0.15, 0.2) is 70.7 Å². The summed E-state index contributed by atoms with van der Waals surface area (Å²) in [5, 5.41) is 2.75. The summed E-state index contributed by atoms with van der Waals surface area (Å²) < 4.78 is 31.2. The maximum atomic E-state index is 13.0. The van der Waals surface area contributed by atoms with E-state index in [1.165, 1.54) is 25.4 Å². The van der Waals surface area contributed by atoms with E-state index in [4.69, 9.17) is 4.74 Å². The zero-order chi connectivity index (χ0) is 18.3. The molecule has 4 rings (SSSR count). The first-order valence-electron chi connectivity index (χ1n) is 7.81. The van der Waals surface area contributed by atoms with Crippen molar-refractivity contribution in [2.75, 3.05) is 12.4 Å². The summed E-state index contributed by atoms with van der Waals surface area (Å²) in [6.07, 6.45) is 3.12. The first kappa shape index (κ1) is 16.3. The molecule has 1 aliphatic rings. The van der Waals surface area contributed by atoms with Crippen LogP contribution in [0.1, 0.15) is 10.4 Å². The average Bonchev–Trinajstić information content (AvgIpc) is 2.90. The number of benzene rings is 2. The Kier molecular flexibility index (Phi) is 3.73. The third-order valence-electron chi connectivity index (χ3n) is 4.22. The van der Waals surface area contributed by atoms with Crippen LogP contribution in [-0.4, -0.2) is 26.4 Å². The van der Waals surface area contributed by atoms with E-state index in [0.717, 1.165) is 0 Å². The monoisotopic (exact) mass is 366 g/mol. The van der Waals surface area contributed by atoms with E-state index in [2.05, 4.69) is 10.3 Å². The molecule has 3 aromatic rings. The molecule has 2 heterocycles. The lowest BCUT2D eigenvalue weighted by atomic mass is 9.98. The van der Waals surface area contributed by atoms with Crippen LogP contribution in [0.3, 0.4) is 0 Å². The minimum atomic E-state index is -3.75. The molecule has 26 heavy (non-hydrogen) atoms. The molecule has 0 saturated carbocycles. The first-order valence-corrected chi connectivity index (χ1v) is 9.29. The standard InChI is InChI=1S/C19H14N2O4S/c1-25-15-9-8-14(19(22)21-12-5-4-10-20-11-12)17-13-6-2-3-7-16(13)26(23,24)18(15)17/h2-11H,1H3,(H,21,22). The fourth-order valence-corrected chi connectivity index (χ4v) is 4.94. The van der Waals surface area contributed by atoms with Gasteiger partial charge >= 0.3 is 0 Å². The van der Waals surface area contributed by atoms with Gasteiger partial charge < -0.3 is 10.1 Å². The number of ether oxygens (including phenoxy) is 1. The number of hydrogen-bond acceptors (Lipinski definition) is 5. The van der Waals surface area contributed by atoms with Crippen molar-refractivity contribution < 1.29 is 17.9 Å². The molecule has 6 nitrogen and oxygen atoms in total. The van der Waals surface area contributed by atoms with E-state index < -0.39 is 15.7 Å². The zero-order valence-corrected chi connectivity index (χ0v) is 14.6. The van der Waals surface area contributed by atoms with Crippen molar-refractivity contribution in [1.29, 1.82) is 0 Å². The third kappa shape index (κ3) is 2.36. The minimum absolute atomic E-state index is 0.0278. The molecule has 0 bridgehead atoms. The fraction of sp³-hybridized carbons (Fsp3) is 0.0526. The number of methoxy groups -OCH3 is 1. The number of anilines is 1. The van der Waals surface area contributed by atoms with E-state index >= 15 is 0 Å².